The number of benzene rings is 8. The highest BCUT2D eigenvalue weighted by Gasteiger charge is 2.22. The molecule has 0 aliphatic carbocycles. The van der Waals surface area contributed by atoms with Crippen molar-refractivity contribution >= 4 is 0 Å². The van der Waals surface area contributed by atoms with E-state index in [0.717, 1.165) is 112 Å². The molecule has 0 N–H and O–H groups in total. The van der Waals surface area contributed by atoms with Crippen LogP contribution in [-0.4, -0.2) is 42.7 Å². The van der Waals surface area contributed by atoms with Crippen molar-refractivity contribution in [3.63, 3.8) is 0 Å². The summed E-state index contributed by atoms with van der Waals surface area (Å²) in [7, 11) is 10.1. The van der Waals surface area contributed by atoms with Crippen LogP contribution in [0.25, 0.3) is 66.8 Å². The molecular weight excluding hydrogens is 785 g/mol. The van der Waals surface area contributed by atoms with E-state index in [1.807, 2.05) is 72.8 Å². The van der Waals surface area contributed by atoms with Gasteiger partial charge in [-0.1, -0.05) is 97.1 Å². The topological polar surface area (TPSA) is 64.6 Å². The van der Waals surface area contributed by atoms with Crippen LogP contribution in [0.3, 0.4) is 0 Å². The van der Waals surface area contributed by atoms with Gasteiger partial charge in [0.05, 0.1) is 55.9 Å². The van der Waals surface area contributed by atoms with Gasteiger partial charge < -0.3 is 33.2 Å². The molecule has 7 heteroatoms. The third-order valence-corrected chi connectivity index (χ3v) is 11.4. The zero-order valence-corrected chi connectivity index (χ0v) is 36.4. The van der Waals surface area contributed by atoms with E-state index in [2.05, 4.69) is 97.1 Å². The molecule has 0 saturated carbocycles. The van der Waals surface area contributed by atoms with Crippen LogP contribution in [0.1, 0.15) is 11.1 Å². The lowest BCUT2D eigenvalue weighted by Crippen LogP contribution is -2.03. The predicted octanol–water partition coefficient (Wildman–Crippen LogP) is 13.5. The van der Waals surface area contributed by atoms with Gasteiger partial charge in [0.25, 0.3) is 0 Å². The summed E-state index contributed by atoms with van der Waals surface area (Å²) in [5, 5.41) is 0. The molecule has 7 nitrogen and oxygen atoms in total. The molecule has 8 aromatic carbocycles. The average molecular weight is 835 g/mol. The minimum Gasteiger partial charge on any atom is -0.497 e. The minimum absolute atomic E-state index is 0.341. The van der Waals surface area contributed by atoms with Gasteiger partial charge in [-0.05, 0) is 151 Å². The van der Waals surface area contributed by atoms with E-state index in [0.29, 0.717) is 13.2 Å². The molecule has 8 rings (SSSR count). The summed E-state index contributed by atoms with van der Waals surface area (Å²) in [5.74, 6) is 4.74. The molecular formula is C56H50O7. The van der Waals surface area contributed by atoms with E-state index >= 15 is 0 Å². The number of hydrogen-bond acceptors (Lipinski definition) is 7. The van der Waals surface area contributed by atoms with Gasteiger partial charge >= 0.3 is 0 Å². The molecule has 0 aromatic heterocycles. The minimum atomic E-state index is 0.341. The Hall–Kier alpha value is -7.48. The molecule has 0 saturated heterocycles. The molecule has 0 amide bonds. The van der Waals surface area contributed by atoms with Gasteiger partial charge in [-0.2, -0.15) is 0 Å². The van der Waals surface area contributed by atoms with Crippen LogP contribution in [0.4, 0.5) is 0 Å². The first-order valence-electron chi connectivity index (χ1n) is 20.7. The maximum absolute atomic E-state index is 6.90. The fraction of sp³-hybridized carbons (Fsp3) is 0.143. The Balaban J connectivity index is 1.27. The molecule has 0 heterocycles. The molecule has 8 aromatic rings. The van der Waals surface area contributed by atoms with Crippen LogP contribution in [0.2, 0.25) is 0 Å². The maximum Gasteiger partial charge on any atom is 0.118 e. The lowest BCUT2D eigenvalue weighted by atomic mass is 9.84. The summed E-state index contributed by atoms with van der Waals surface area (Å²) in [6.45, 7) is 0.682. The summed E-state index contributed by atoms with van der Waals surface area (Å²) in [6, 6.07) is 58.1. The fourth-order valence-electron chi connectivity index (χ4n) is 8.12. The van der Waals surface area contributed by atoms with E-state index in [1.54, 1.807) is 42.7 Å². The normalized spacial score (nSPS) is 10.9. The predicted molar refractivity (Wildman–Crippen MR) is 253 cm³/mol. The average Bonchev–Trinajstić information content (AvgIpc) is 3.36. The number of ether oxygens (including phenoxy) is 7. The van der Waals surface area contributed by atoms with Crippen molar-refractivity contribution in [2.24, 2.45) is 0 Å². The van der Waals surface area contributed by atoms with Gasteiger partial charge in [0.1, 0.15) is 34.5 Å². The Labute approximate surface area is 370 Å². The lowest BCUT2D eigenvalue weighted by Gasteiger charge is -2.22. The van der Waals surface area contributed by atoms with Crippen LogP contribution in [-0.2, 0) is 18.0 Å². The third-order valence-electron chi connectivity index (χ3n) is 11.4. The Morgan fingerprint density at radius 1 is 0.238 bits per heavy atom. The van der Waals surface area contributed by atoms with Crippen LogP contribution >= 0.6 is 0 Å². The van der Waals surface area contributed by atoms with Crippen LogP contribution in [0.5, 0.6) is 34.5 Å². The first-order valence-corrected chi connectivity index (χ1v) is 20.7. The van der Waals surface area contributed by atoms with Crippen molar-refractivity contribution in [2.45, 2.75) is 13.2 Å². The molecule has 0 radical (unpaired) electrons. The van der Waals surface area contributed by atoms with Gasteiger partial charge in [0.15, 0.2) is 0 Å². The Morgan fingerprint density at radius 2 is 0.460 bits per heavy atom. The molecule has 316 valence electrons. The second kappa shape index (κ2) is 19.5. The molecule has 0 fully saturated rings. The summed E-state index contributed by atoms with van der Waals surface area (Å²) < 4.78 is 40.3. The van der Waals surface area contributed by atoms with Crippen molar-refractivity contribution in [2.75, 3.05) is 42.7 Å². The highest BCUT2D eigenvalue weighted by atomic mass is 16.5. The third kappa shape index (κ3) is 9.10. The van der Waals surface area contributed by atoms with Gasteiger partial charge in [-0.25, -0.2) is 0 Å². The Kier molecular flexibility index (Phi) is 13.1. The van der Waals surface area contributed by atoms with E-state index in [4.69, 9.17) is 33.2 Å². The van der Waals surface area contributed by atoms with Crippen molar-refractivity contribution in [1.29, 1.82) is 0 Å². The summed E-state index contributed by atoms with van der Waals surface area (Å²) in [5.41, 5.74) is 14.9. The van der Waals surface area contributed by atoms with E-state index in [1.165, 1.54) is 0 Å². The Morgan fingerprint density at radius 3 is 0.698 bits per heavy atom. The molecule has 0 aliphatic heterocycles. The van der Waals surface area contributed by atoms with Gasteiger partial charge in [-0.3, -0.25) is 0 Å². The first kappa shape index (κ1) is 42.2. The molecule has 0 unspecified atom stereocenters. The molecule has 63 heavy (non-hydrogen) atoms. The van der Waals surface area contributed by atoms with Gasteiger partial charge in [-0.15, -0.1) is 0 Å². The van der Waals surface area contributed by atoms with Crippen molar-refractivity contribution in [3.8, 4) is 101 Å². The zero-order valence-electron chi connectivity index (χ0n) is 36.4. The number of rotatable bonds is 16. The fourth-order valence-corrected chi connectivity index (χ4v) is 8.12. The molecule has 0 spiro atoms. The molecule has 0 aliphatic rings. The highest BCUT2D eigenvalue weighted by Crippen LogP contribution is 2.46. The van der Waals surface area contributed by atoms with Crippen LogP contribution in [0.15, 0.2) is 170 Å². The van der Waals surface area contributed by atoms with Crippen molar-refractivity contribution in [3.05, 3.63) is 181 Å². The largest absolute Gasteiger partial charge is 0.497 e. The van der Waals surface area contributed by atoms with Crippen LogP contribution in [0, 0.1) is 0 Å². The molecule has 0 atom stereocenters. The molecule has 0 bridgehead atoms. The van der Waals surface area contributed by atoms with E-state index in [-0.39, 0.29) is 0 Å². The Bertz CT molecular complexity index is 2570. The number of hydrogen-bond donors (Lipinski definition) is 0. The zero-order chi connectivity index (χ0) is 43.7. The summed E-state index contributed by atoms with van der Waals surface area (Å²) >= 11 is 0. The monoisotopic (exact) mass is 834 g/mol. The number of methoxy groups -OCH3 is 6. The van der Waals surface area contributed by atoms with Crippen molar-refractivity contribution in [1.82, 2.24) is 0 Å². The lowest BCUT2D eigenvalue weighted by molar-refractivity contribution is 0.108. The first-order chi connectivity index (χ1) is 30.9. The van der Waals surface area contributed by atoms with Crippen molar-refractivity contribution < 1.29 is 33.2 Å². The smallest absolute Gasteiger partial charge is 0.118 e. The second-order valence-corrected chi connectivity index (χ2v) is 14.9. The SMILES string of the molecule is COc1ccc(-c2ccc(COCc3ccc(-c4ccc(OC)cc4)c(-c4ccc(OC)cc4)c3-c3ccc(OC)cc3)c(-c3ccc(OC)cc3)c2-c2ccc(OC)cc2)cc1. The van der Waals surface area contributed by atoms with Crippen LogP contribution < -0.4 is 28.4 Å². The van der Waals surface area contributed by atoms with Gasteiger partial charge in [0, 0.05) is 0 Å². The quantitative estimate of drug-likeness (QED) is 0.0960. The standard InChI is InChI=1S/C56H50O7/c1-57-45-21-7-37(8-22-45)51-33-19-43(53(39-11-25-47(59-3)26-12-39)55(51)41-15-29-49(61-5)30-16-41)35-63-36-44-20-34-52(38-9-23-46(58-2)24-10-38)56(42-17-31-50(62-6)32-18-42)54(44)40-13-27-48(60-4)28-14-40/h7-34H,35-36H2,1-6H3. The highest BCUT2D eigenvalue weighted by molar-refractivity contribution is 5.97. The van der Waals surface area contributed by atoms with E-state index in [9.17, 15) is 0 Å². The van der Waals surface area contributed by atoms with E-state index < -0.39 is 0 Å². The summed E-state index contributed by atoms with van der Waals surface area (Å²) in [4.78, 5) is 0. The second-order valence-electron chi connectivity index (χ2n) is 14.9. The van der Waals surface area contributed by atoms with Gasteiger partial charge in [0.2, 0.25) is 0 Å². The maximum atomic E-state index is 6.90. The summed E-state index contributed by atoms with van der Waals surface area (Å²) in [6.07, 6.45) is 0.